The van der Waals surface area contributed by atoms with Crippen LogP contribution in [0, 0.1) is 0 Å². The molecule has 5 rings (SSSR count). The Hall–Kier alpha value is -4.02. The van der Waals surface area contributed by atoms with Crippen LogP contribution in [0.4, 0.5) is 0 Å². The summed E-state index contributed by atoms with van der Waals surface area (Å²) in [5.74, 6) is 0.877. The summed E-state index contributed by atoms with van der Waals surface area (Å²) in [6.07, 6.45) is 5.54. The van der Waals surface area contributed by atoms with Gasteiger partial charge in [0, 0.05) is 28.8 Å². The second kappa shape index (κ2) is 10.3. The average molecular weight is 475 g/mol. The first-order valence-electron chi connectivity index (χ1n) is 12.6. The molecule has 2 heterocycles. The smallest absolute Gasteiger partial charge is 0.169 e. The summed E-state index contributed by atoms with van der Waals surface area (Å²) in [4.78, 5) is 8.62. The Kier molecular flexibility index (Phi) is 6.79. The Morgan fingerprint density at radius 3 is 1.81 bits per heavy atom. The summed E-state index contributed by atoms with van der Waals surface area (Å²) in [6.45, 7) is 2.21. The number of quaternary nitrogens is 1. The number of benzene rings is 3. The lowest BCUT2D eigenvalue weighted by Crippen LogP contribution is -2.39. The van der Waals surface area contributed by atoms with E-state index < -0.39 is 0 Å². The third-order valence-corrected chi connectivity index (χ3v) is 6.44. The van der Waals surface area contributed by atoms with Crippen LogP contribution in [0.5, 0.6) is 0 Å². The molecule has 180 valence electrons. The van der Waals surface area contributed by atoms with Crippen molar-refractivity contribution in [2.75, 3.05) is 27.7 Å². The number of pyridine rings is 1. The van der Waals surface area contributed by atoms with Crippen LogP contribution in [0.15, 0.2) is 109 Å². The van der Waals surface area contributed by atoms with Gasteiger partial charge in [-0.3, -0.25) is 0 Å². The molecule has 0 aliphatic carbocycles. The van der Waals surface area contributed by atoms with Crippen LogP contribution in [0.2, 0.25) is 0 Å². The van der Waals surface area contributed by atoms with E-state index in [-0.39, 0.29) is 0 Å². The van der Waals surface area contributed by atoms with E-state index in [1.165, 1.54) is 24.1 Å². The molecule has 1 N–H and O–H groups in total. The Bertz CT molecular complexity index is 1340. The van der Waals surface area contributed by atoms with E-state index in [0.717, 1.165) is 44.9 Å². The fourth-order valence-corrected chi connectivity index (χ4v) is 4.48. The van der Waals surface area contributed by atoms with E-state index in [2.05, 4.69) is 128 Å². The van der Waals surface area contributed by atoms with Crippen LogP contribution >= 0.6 is 0 Å². The van der Waals surface area contributed by atoms with Crippen molar-refractivity contribution < 1.29 is 9.05 Å². The number of rotatable bonds is 8. The Morgan fingerprint density at radius 1 is 0.639 bits per heavy atom. The Morgan fingerprint density at radius 2 is 1.19 bits per heavy atom. The van der Waals surface area contributed by atoms with Gasteiger partial charge in [-0.15, -0.1) is 0 Å². The summed E-state index contributed by atoms with van der Waals surface area (Å²) in [7, 11) is 6.72. The Labute approximate surface area is 214 Å². The van der Waals surface area contributed by atoms with Crippen molar-refractivity contribution in [1.29, 1.82) is 0 Å². The molecule has 5 aromatic rings. The van der Waals surface area contributed by atoms with Crippen LogP contribution < -0.4 is 4.57 Å². The fourth-order valence-electron chi connectivity index (χ4n) is 4.48. The minimum Gasteiger partial charge on any atom is -0.337 e. The highest BCUT2D eigenvalue weighted by atomic mass is 15.3. The number of hydrogen-bond acceptors (Lipinski definition) is 1. The molecule has 0 amide bonds. The predicted octanol–water partition coefficient (Wildman–Crippen LogP) is 6.46. The molecule has 2 aromatic heterocycles. The fraction of sp³-hybridized carbons (Fsp3) is 0.188. The molecule has 0 bridgehead atoms. The number of nitrogens with one attached hydrogen (secondary N) is 1. The van der Waals surface area contributed by atoms with Gasteiger partial charge in [-0.05, 0) is 11.1 Å². The highest BCUT2D eigenvalue weighted by Crippen LogP contribution is 2.33. The minimum atomic E-state index is 0.877. The summed E-state index contributed by atoms with van der Waals surface area (Å²) < 4.78 is 3.27. The zero-order valence-electron chi connectivity index (χ0n) is 21.4. The molecule has 0 aliphatic heterocycles. The van der Waals surface area contributed by atoms with E-state index in [0.29, 0.717) is 0 Å². The van der Waals surface area contributed by atoms with Crippen LogP contribution in [0.1, 0.15) is 6.42 Å². The third kappa shape index (κ3) is 5.61. The number of aromatic nitrogens is 3. The molecule has 36 heavy (non-hydrogen) atoms. The standard InChI is InChI=1S/C32H33N4/c1-36(2,3)24-10-21-35-22-19-26(20-23-35)25-15-17-29(18-16-25)32-33-30(27-11-6-4-7-12-27)31(34-32)28-13-8-5-9-14-28/h4-9,11-20,22-23H,10,21,24H2,1-3H3/q+1/p+1. The number of imidazole rings is 1. The SMILES string of the molecule is C[N+](C)(C)CCC[n+]1ccc(-c2ccc(-c3nc(-c4ccccc4)c(-c4ccccc4)[nH]3)cc2)cc1. The normalized spacial score (nSPS) is 11.5. The second-order valence-electron chi connectivity index (χ2n) is 10.3. The number of hydrogen-bond donors (Lipinski definition) is 1. The van der Waals surface area contributed by atoms with Gasteiger partial charge < -0.3 is 9.47 Å². The molecule has 4 heteroatoms. The first kappa shape index (κ1) is 23.7. The Balaban J connectivity index is 1.38. The summed E-state index contributed by atoms with van der Waals surface area (Å²) in [6, 6.07) is 33.8. The topological polar surface area (TPSA) is 32.6 Å². The van der Waals surface area contributed by atoms with Crippen LogP contribution in [-0.2, 0) is 6.54 Å². The quantitative estimate of drug-likeness (QED) is 0.203. The van der Waals surface area contributed by atoms with Crippen molar-refractivity contribution in [2.45, 2.75) is 13.0 Å². The van der Waals surface area contributed by atoms with Crippen molar-refractivity contribution >= 4 is 0 Å². The number of nitrogens with zero attached hydrogens (tertiary/aromatic N) is 3. The minimum absolute atomic E-state index is 0.877. The lowest BCUT2D eigenvalue weighted by molar-refractivity contribution is -0.873. The molecule has 0 fully saturated rings. The predicted molar refractivity (Wildman–Crippen MR) is 148 cm³/mol. The maximum absolute atomic E-state index is 5.03. The zero-order chi connectivity index (χ0) is 25.0. The molecule has 0 saturated carbocycles. The van der Waals surface area contributed by atoms with Gasteiger partial charge in [0.15, 0.2) is 18.9 Å². The van der Waals surface area contributed by atoms with Gasteiger partial charge in [0.1, 0.15) is 5.82 Å². The second-order valence-corrected chi connectivity index (χ2v) is 10.3. The average Bonchev–Trinajstić information content (AvgIpc) is 3.35. The van der Waals surface area contributed by atoms with Crippen LogP contribution in [0.25, 0.3) is 45.0 Å². The highest BCUT2D eigenvalue weighted by molar-refractivity contribution is 5.81. The van der Waals surface area contributed by atoms with Crippen molar-refractivity contribution in [3.05, 3.63) is 109 Å². The number of H-pyrrole nitrogens is 1. The zero-order valence-corrected chi connectivity index (χ0v) is 21.4. The van der Waals surface area contributed by atoms with Gasteiger partial charge >= 0.3 is 0 Å². The first-order chi connectivity index (χ1) is 17.5. The lowest BCUT2D eigenvalue weighted by Gasteiger charge is -2.22. The van der Waals surface area contributed by atoms with Gasteiger partial charge in [0.2, 0.25) is 0 Å². The van der Waals surface area contributed by atoms with E-state index in [9.17, 15) is 0 Å². The summed E-state index contributed by atoms with van der Waals surface area (Å²) in [5.41, 5.74) is 7.75. The summed E-state index contributed by atoms with van der Waals surface area (Å²) in [5, 5.41) is 0. The van der Waals surface area contributed by atoms with Gasteiger partial charge in [0.25, 0.3) is 0 Å². The van der Waals surface area contributed by atoms with Crippen molar-refractivity contribution in [1.82, 2.24) is 9.97 Å². The van der Waals surface area contributed by atoms with Gasteiger partial charge in [-0.25, -0.2) is 9.55 Å². The van der Waals surface area contributed by atoms with Crippen molar-refractivity contribution in [3.8, 4) is 45.0 Å². The lowest BCUT2D eigenvalue weighted by atomic mass is 10.0. The van der Waals surface area contributed by atoms with E-state index in [4.69, 9.17) is 4.98 Å². The molecule has 0 aliphatic rings. The molecular formula is C32H34N4+2. The van der Waals surface area contributed by atoms with E-state index >= 15 is 0 Å². The first-order valence-corrected chi connectivity index (χ1v) is 12.6. The maximum Gasteiger partial charge on any atom is 0.169 e. The van der Waals surface area contributed by atoms with Crippen LogP contribution in [0.3, 0.4) is 0 Å². The van der Waals surface area contributed by atoms with E-state index in [1.54, 1.807) is 0 Å². The molecule has 3 aromatic carbocycles. The maximum atomic E-state index is 5.03. The van der Waals surface area contributed by atoms with Crippen molar-refractivity contribution in [2.24, 2.45) is 0 Å². The molecule has 0 spiro atoms. The molecular weight excluding hydrogens is 440 g/mol. The monoisotopic (exact) mass is 474 g/mol. The number of aromatic amines is 1. The summed E-state index contributed by atoms with van der Waals surface area (Å²) >= 11 is 0. The van der Waals surface area contributed by atoms with Crippen LogP contribution in [-0.4, -0.2) is 42.1 Å². The molecule has 0 radical (unpaired) electrons. The highest BCUT2D eigenvalue weighted by Gasteiger charge is 2.15. The molecule has 4 nitrogen and oxygen atoms in total. The third-order valence-electron chi connectivity index (χ3n) is 6.44. The van der Waals surface area contributed by atoms with Gasteiger partial charge in [-0.2, -0.15) is 0 Å². The van der Waals surface area contributed by atoms with Crippen molar-refractivity contribution in [3.63, 3.8) is 0 Å². The van der Waals surface area contributed by atoms with E-state index in [1.807, 2.05) is 12.1 Å². The number of aryl methyl sites for hydroxylation is 1. The largest absolute Gasteiger partial charge is 0.337 e. The molecule has 0 atom stereocenters. The van der Waals surface area contributed by atoms with Gasteiger partial charge in [0.05, 0.1) is 45.5 Å². The molecule has 0 saturated heterocycles. The van der Waals surface area contributed by atoms with Gasteiger partial charge in [-0.1, -0.05) is 84.9 Å². The molecule has 0 unspecified atom stereocenters.